The molecule has 0 N–H and O–H groups in total. The molecule has 0 bridgehead atoms. The molecule has 0 fully saturated rings. The largest absolute Gasteiger partial charge is 0.493 e. The van der Waals surface area contributed by atoms with Gasteiger partial charge in [0.25, 0.3) is 0 Å². The maximum absolute atomic E-state index is 14.5. The van der Waals surface area contributed by atoms with Gasteiger partial charge in [-0.1, -0.05) is 77.7 Å². The van der Waals surface area contributed by atoms with Crippen molar-refractivity contribution in [3.63, 3.8) is 0 Å². The van der Waals surface area contributed by atoms with Crippen LogP contribution in [0.4, 0.5) is 4.39 Å². The summed E-state index contributed by atoms with van der Waals surface area (Å²) >= 11 is 0. The zero-order valence-electron chi connectivity index (χ0n) is 18.4. The summed E-state index contributed by atoms with van der Waals surface area (Å²) in [5.74, 6) is 0.321. The van der Waals surface area contributed by atoms with Gasteiger partial charge in [0.1, 0.15) is 11.6 Å². The third-order valence-electron chi connectivity index (χ3n) is 5.38. The highest BCUT2D eigenvalue weighted by Crippen LogP contribution is 2.25. The molecule has 2 nitrogen and oxygen atoms in total. The van der Waals surface area contributed by atoms with Crippen LogP contribution in [0.5, 0.6) is 5.75 Å². The minimum absolute atomic E-state index is 0.275. The van der Waals surface area contributed by atoms with Crippen LogP contribution in [-0.2, 0) is 6.42 Å². The minimum Gasteiger partial charge on any atom is -0.493 e. The monoisotopic (exact) mass is 399 g/mol. The van der Waals surface area contributed by atoms with E-state index in [0.717, 1.165) is 19.3 Å². The van der Waals surface area contributed by atoms with Crippen LogP contribution < -0.4 is 4.74 Å². The molecule has 2 aromatic rings. The first-order valence-corrected chi connectivity index (χ1v) is 11.6. The second-order valence-electron chi connectivity index (χ2n) is 7.97. The molecule has 160 valence electrons. The summed E-state index contributed by atoms with van der Waals surface area (Å²) in [5, 5.41) is 0. The van der Waals surface area contributed by atoms with Gasteiger partial charge >= 0.3 is 0 Å². The molecular formula is C26H38FNO. The van der Waals surface area contributed by atoms with E-state index in [0.29, 0.717) is 23.6 Å². The molecule has 1 aromatic carbocycles. The number of aryl methyl sites for hydroxylation is 1. The Kier molecular flexibility index (Phi) is 11.4. The summed E-state index contributed by atoms with van der Waals surface area (Å²) in [4.78, 5) is 4.49. The Morgan fingerprint density at radius 2 is 1.48 bits per heavy atom. The Bertz CT molecular complexity index is 684. The Balaban J connectivity index is 1.78. The molecule has 29 heavy (non-hydrogen) atoms. The van der Waals surface area contributed by atoms with Crippen LogP contribution in [0.25, 0.3) is 11.3 Å². The van der Waals surface area contributed by atoms with Gasteiger partial charge in [0.15, 0.2) is 0 Å². The first kappa shape index (κ1) is 23.4. The van der Waals surface area contributed by atoms with E-state index in [9.17, 15) is 4.39 Å². The van der Waals surface area contributed by atoms with Crippen LogP contribution in [-0.4, -0.2) is 11.6 Å². The summed E-state index contributed by atoms with van der Waals surface area (Å²) in [5.41, 5.74) is 2.45. The van der Waals surface area contributed by atoms with E-state index >= 15 is 0 Å². The molecule has 3 heteroatoms. The number of ether oxygens (including phenoxy) is 1. The van der Waals surface area contributed by atoms with Crippen molar-refractivity contribution in [2.24, 2.45) is 0 Å². The summed E-state index contributed by atoms with van der Waals surface area (Å²) in [6.45, 7) is 5.08. The molecule has 1 heterocycles. The molecule has 0 aliphatic heterocycles. The molecule has 0 aliphatic rings. The SMILES string of the molecule is CCCCCCCCCc1ccc(-c2ccc(OCCCCCC)cc2F)nc1. The second kappa shape index (κ2) is 14.1. The Hall–Kier alpha value is -1.90. The Labute approximate surface area is 176 Å². The van der Waals surface area contributed by atoms with Crippen molar-refractivity contribution in [1.82, 2.24) is 4.98 Å². The van der Waals surface area contributed by atoms with Crippen molar-refractivity contribution < 1.29 is 9.13 Å². The van der Waals surface area contributed by atoms with Gasteiger partial charge < -0.3 is 4.74 Å². The van der Waals surface area contributed by atoms with Crippen LogP contribution >= 0.6 is 0 Å². The third-order valence-corrected chi connectivity index (χ3v) is 5.38. The fraction of sp³-hybridized carbons (Fsp3) is 0.577. The molecule has 0 amide bonds. The number of hydrogen-bond acceptors (Lipinski definition) is 2. The van der Waals surface area contributed by atoms with Crippen LogP contribution in [0, 0.1) is 5.82 Å². The van der Waals surface area contributed by atoms with Gasteiger partial charge in [-0.05, 0) is 43.0 Å². The molecule has 0 saturated heterocycles. The number of hydrogen-bond donors (Lipinski definition) is 0. The zero-order valence-corrected chi connectivity index (χ0v) is 18.4. The fourth-order valence-corrected chi connectivity index (χ4v) is 3.53. The van der Waals surface area contributed by atoms with Crippen LogP contribution in [0.15, 0.2) is 36.5 Å². The summed E-state index contributed by atoms with van der Waals surface area (Å²) < 4.78 is 20.2. The van der Waals surface area contributed by atoms with Gasteiger partial charge in [-0.25, -0.2) is 4.39 Å². The van der Waals surface area contributed by atoms with Gasteiger partial charge in [0.05, 0.1) is 12.3 Å². The number of unbranched alkanes of at least 4 members (excludes halogenated alkanes) is 9. The van der Waals surface area contributed by atoms with Gasteiger partial charge in [-0.3, -0.25) is 4.98 Å². The average Bonchev–Trinajstić information content (AvgIpc) is 2.74. The number of pyridine rings is 1. The van der Waals surface area contributed by atoms with Crippen molar-refractivity contribution in [2.45, 2.75) is 90.9 Å². The molecule has 0 aliphatic carbocycles. The molecule has 1 aromatic heterocycles. The quantitative estimate of drug-likeness (QED) is 0.282. The highest BCUT2D eigenvalue weighted by Gasteiger charge is 2.08. The highest BCUT2D eigenvalue weighted by atomic mass is 19.1. The zero-order chi connectivity index (χ0) is 20.7. The molecule has 0 atom stereocenters. The van der Waals surface area contributed by atoms with E-state index in [4.69, 9.17) is 4.74 Å². The van der Waals surface area contributed by atoms with Gasteiger partial charge in [-0.2, -0.15) is 0 Å². The van der Waals surface area contributed by atoms with Crippen molar-refractivity contribution >= 4 is 0 Å². The summed E-state index contributed by atoms with van der Waals surface area (Å²) in [6, 6.07) is 9.10. The number of nitrogens with zero attached hydrogens (tertiary/aromatic N) is 1. The highest BCUT2D eigenvalue weighted by molar-refractivity contribution is 5.61. The number of halogens is 1. The maximum Gasteiger partial charge on any atom is 0.136 e. The number of aromatic nitrogens is 1. The molecule has 0 spiro atoms. The average molecular weight is 400 g/mol. The van der Waals surface area contributed by atoms with Gasteiger partial charge in [-0.15, -0.1) is 0 Å². The van der Waals surface area contributed by atoms with Gasteiger partial charge in [0, 0.05) is 17.8 Å². The topological polar surface area (TPSA) is 22.1 Å². The molecule has 0 unspecified atom stereocenters. The van der Waals surface area contributed by atoms with Crippen molar-refractivity contribution in [1.29, 1.82) is 0 Å². The van der Waals surface area contributed by atoms with Gasteiger partial charge in [0.2, 0.25) is 0 Å². The Morgan fingerprint density at radius 3 is 2.14 bits per heavy atom. The van der Waals surface area contributed by atoms with E-state index in [1.807, 2.05) is 18.3 Å². The van der Waals surface area contributed by atoms with E-state index in [-0.39, 0.29) is 5.82 Å². The smallest absolute Gasteiger partial charge is 0.136 e. The van der Waals surface area contributed by atoms with E-state index in [2.05, 4.69) is 24.9 Å². The lowest BCUT2D eigenvalue weighted by atomic mass is 10.0. The van der Waals surface area contributed by atoms with E-state index in [1.165, 1.54) is 69.4 Å². The predicted octanol–water partition coefficient (Wildman–Crippen LogP) is 8.14. The minimum atomic E-state index is -0.275. The molecule has 2 rings (SSSR count). The lowest BCUT2D eigenvalue weighted by Gasteiger charge is -2.09. The normalized spacial score (nSPS) is 11.0. The molecule has 0 saturated carbocycles. The lowest BCUT2D eigenvalue weighted by Crippen LogP contribution is -1.98. The fourth-order valence-electron chi connectivity index (χ4n) is 3.53. The van der Waals surface area contributed by atoms with E-state index < -0.39 is 0 Å². The Morgan fingerprint density at radius 1 is 0.793 bits per heavy atom. The standard InChI is InChI=1S/C26H38FNO/c1-3-5-7-9-10-11-12-14-22-15-18-26(28-21-22)24-17-16-23(20-25(24)27)29-19-13-8-6-4-2/h15-18,20-21H,3-14,19H2,1-2H3. The number of benzene rings is 1. The first-order chi connectivity index (χ1) is 14.2. The van der Waals surface area contributed by atoms with E-state index in [1.54, 1.807) is 6.07 Å². The predicted molar refractivity (Wildman–Crippen MR) is 121 cm³/mol. The van der Waals surface area contributed by atoms with Crippen molar-refractivity contribution in [2.75, 3.05) is 6.61 Å². The van der Waals surface area contributed by atoms with Crippen LogP contribution in [0.3, 0.4) is 0 Å². The third kappa shape index (κ3) is 8.97. The summed E-state index contributed by atoms with van der Waals surface area (Å²) in [7, 11) is 0. The lowest BCUT2D eigenvalue weighted by molar-refractivity contribution is 0.303. The molecular weight excluding hydrogens is 361 g/mol. The second-order valence-corrected chi connectivity index (χ2v) is 7.97. The summed E-state index contributed by atoms with van der Waals surface area (Å²) in [6.07, 6.45) is 16.7. The van der Waals surface area contributed by atoms with Crippen LogP contribution in [0.1, 0.15) is 90.0 Å². The molecule has 0 radical (unpaired) electrons. The first-order valence-electron chi connectivity index (χ1n) is 11.6. The van der Waals surface area contributed by atoms with Crippen molar-refractivity contribution in [3.8, 4) is 17.0 Å². The van der Waals surface area contributed by atoms with Crippen LogP contribution in [0.2, 0.25) is 0 Å². The number of rotatable bonds is 15. The maximum atomic E-state index is 14.5. The van der Waals surface area contributed by atoms with Crippen molar-refractivity contribution in [3.05, 3.63) is 47.9 Å².